The van der Waals surface area contributed by atoms with E-state index in [0.717, 1.165) is 18.5 Å². The van der Waals surface area contributed by atoms with E-state index in [1.807, 2.05) is 0 Å². The van der Waals surface area contributed by atoms with Crippen LogP contribution in [0.15, 0.2) is 0 Å². The Morgan fingerprint density at radius 1 is 1.16 bits per heavy atom. The lowest BCUT2D eigenvalue weighted by Crippen LogP contribution is -2.59. The van der Waals surface area contributed by atoms with E-state index in [2.05, 4.69) is 30.8 Å². The van der Waals surface area contributed by atoms with E-state index >= 15 is 0 Å². The van der Waals surface area contributed by atoms with Crippen molar-refractivity contribution in [1.82, 2.24) is 9.80 Å². The minimum Gasteiger partial charge on any atom is -0.329 e. The fourth-order valence-electron chi connectivity index (χ4n) is 4.09. The second-order valence-electron chi connectivity index (χ2n) is 6.93. The Hall–Kier alpha value is -0.120. The molecule has 0 aromatic heterocycles. The molecule has 3 heteroatoms. The van der Waals surface area contributed by atoms with E-state index in [4.69, 9.17) is 5.73 Å². The smallest absolute Gasteiger partial charge is 0.0331 e. The van der Waals surface area contributed by atoms with E-state index in [1.165, 1.54) is 58.0 Å². The highest BCUT2D eigenvalue weighted by molar-refractivity contribution is 4.97. The predicted molar refractivity (Wildman–Crippen MR) is 82.3 cm³/mol. The Bertz CT molecular complexity index is 263. The van der Waals surface area contributed by atoms with E-state index < -0.39 is 0 Å². The molecule has 3 nitrogen and oxygen atoms in total. The zero-order valence-corrected chi connectivity index (χ0v) is 13.2. The molecule has 1 aliphatic carbocycles. The average Bonchev–Trinajstić information content (AvgIpc) is 2.47. The third-order valence-corrected chi connectivity index (χ3v) is 5.98. The Balaban J connectivity index is 1.96. The number of rotatable bonds is 4. The van der Waals surface area contributed by atoms with Crippen molar-refractivity contribution in [2.45, 2.75) is 63.5 Å². The van der Waals surface area contributed by atoms with Crippen LogP contribution in [-0.2, 0) is 0 Å². The summed E-state index contributed by atoms with van der Waals surface area (Å²) < 4.78 is 0. The zero-order valence-electron chi connectivity index (χ0n) is 13.2. The standard InChI is InChI=1S/C16H33N3/c1-4-14-5-9-16(13-17,10-6-14)19(3)15-7-11-18(2)12-8-15/h14-15H,4-13,17H2,1-3H3. The Kier molecular flexibility index (Phi) is 5.27. The summed E-state index contributed by atoms with van der Waals surface area (Å²) in [5.74, 6) is 0.950. The highest BCUT2D eigenvalue weighted by atomic mass is 15.2. The highest BCUT2D eigenvalue weighted by Gasteiger charge is 2.40. The van der Waals surface area contributed by atoms with Gasteiger partial charge in [0.2, 0.25) is 0 Å². The molecule has 19 heavy (non-hydrogen) atoms. The molecule has 1 saturated heterocycles. The van der Waals surface area contributed by atoms with Gasteiger partial charge in [0.25, 0.3) is 0 Å². The van der Waals surface area contributed by atoms with Crippen molar-refractivity contribution in [3.63, 3.8) is 0 Å². The molecule has 2 N–H and O–H groups in total. The first-order valence-corrected chi connectivity index (χ1v) is 8.23. The van der Waals surface area contributed by atoms with E-state index in [9.17, 15) is 0 Å². The Morgan fingerprint density at radius 3 is 2.21 bits per heavy atom. The molecule has 0 bridgehead atoms. The van der Waals surface area contributed by atoms with Crippen LogP contribution in [0.3, 0.4) is 0 Å². The lowest BCUT2D eigenvalue weighted by Gasteiger charge is -2.50. The normalized spacial score (nSPS) is 34.9. The van der Waals surface area contributed by atoms with Crippen LogP contribution in [0, 0.1) is 5.92 Å². The Labute approximate surface area is 119 Å². The van der Waals surface area contributed by atoms with Crippen LogP contribution in [0.2, 0.25) is 0 Å². The minimum absolute atomic E-state index is 0.298. The van der Waals surface area contributed by atoms with Crippen LogP contribution in [0.4, 0.5) is 0 Å². The van der Waals surface area contributed by atoms with Gasteiger partial charge in [0.15, 0.2) is 0 Å². The van der Waals surface area contributed by atoms with Gasteiger partial charge in [0.05, 0.1) is 0 Å². The molecule has 0 amide bonds. The number of piperidine rings is 1. The number of nitrogens with two attached hydrogens (primary N) is 1. The maximum atomic E-state index is 6.21. The van der Waals surface area contributed by atoms with Gasteiger partial charge in [0.1, 0.15) is 0 Å². The molecule has 2 fully saturated rings. The minimum atomic E-state index is 0.298. The fourth-order valence-corrected chi connectivity index (χ4v) is 4.09. The maximum Gasteiger partial charge on any atom is 0.0331 e. The van der Waals surface area contributed by atoms with Gasteiger partial charge < -0.3 is 10.6 Å². The molecule has 112 valence electrons. The van der Waals surface area contributed by atoms with Gasteiger partial charge in [-0.05, 0) is 71.6 Å². The molecule has 1 aliphatic heterocycles. The molecule has 2 aliphatic rings. The summed E-state index contributed by atoms with van der Waals surface area (Å²) in [6.07, 6.45) is 9.35. The van der Waals surface area contributed by atoms with Crippen LogP contribution >= 0.6 is 0 Å². The summed E-state index contributed by atoms with van der Waals surface area (Å²) in [5.41, 5.74) is 6.51. The predicted octanol–water partition coefficient (Wildman–Crippen LogP) is 2.31. The molecular weight excluding hydrogens is 234 g/mol. The van der Waals surface area contributed by atoms with Crippen LogP contribution in [0.25, 0.3) is 0 Å². The van der Waals surface area contributed by atoms with Crippen molar-refractivity contribution in [2.24, 2.45) is 11.7 Å². The molecule has 0 radical (unpaired) electrons. The van der Waals surface area contributed by atoms with E-state index in [1.54, 1.807) is 0 Å². The summed E-state index contributed by atoms with van der Waals surface area (Å²) in [7, 11) is 4.58. The molecule has 1 heterocycles. The first-order valence-electron chi connectivity index (χ1n) is 8.23. The number of hydrogen-bond acceptors (Lipinski definition) is 3. The largest absolute Gasteiger partial charge is 0.329 e. The lowest BCUT2D eigenvalue weighted by molar-refractivity contribution is 0.00831. The number of likely N-dealkylation sites (N-methyl/N-ethyl adjacent to an activating group) is 1. The second-order valence-corrected chi connectivity index (χ2v) is 6.93. The van der Waals surface area contributed by atoms with Crippen LogP contribution < -0.4 is 5.73 Å². The summed E-state index contributed by atoms with van der Waals surface area (Å²) in [4.78, 5) is 5.12. The molecular formula is C16H33N3. The summed E-state index contributed by atoms with van der Waals surface area (Å²) >= 11 is 0. The number of nitrogens with zero attached hydrogens (tertiary/aromatic N) is 2. The van der Waals surface area contributed by atoms with Gasteiger partial charge in [-0.15, -0.1) is 0 Å². The number of likely N-dealkylation sites (tertiary alicyclic amines) is 1. The van der Waals surface area contributed by atoms with Gasteiger partial charge in [0, 0.05) is 18.1 Å². The Morgan fingerprint density at radius 2 is 1.74 bits per heavy atom. The van der Waals surface area contributed by atoms with Gasteiger partial charge in [-0.25, -0.2) is 0 Å². The SMILES string of the molecule is CCC1CCC(CN)(N(C)C2CCN(C)CC2)CC1. The fraction of sp³-hybridized carbons (Fsp3) is 1.00. The van der Waals surface area contributed by atoms with Crippen LogP contribution in [0.1, 0.15) is 51.9 Å². The average molecular weight is 267 g/mol. The first-order chi connectivity index (χ1) is 9.11. The maximum absolute atomic E-state index is 6.21. The summed E-state index contributed by atoms with van der Waals surface area (Å²) in [6.45, 7) is 5.66. The van der Waals surface area contributed by atoms with Crippen molar-refractivity contribution in [3.05, 3.63) is 0 Å². The monoisotopic (exact) mass is 267 g/mol. The molecule has 2 rings (SSSR count). The van der Waals surface area contributed by atoms with Gasteiger partial charge in [-0.3, -0.25) is 4.90 Å². The van der Waals surface area contributed by atoms with Crippen LogP contribution in [0.5, 0.6) is 0 Å². The summed E-state index contributed by atoms with van der Waals surface area (Å²) in [5, 5.41) is 0. The van der Waals surface area contributed by atoms with Gasteiger partial charge in [-0.1, -0.05) is 13.3 Å². The van der Waals surface area contributed by atoms with E-state index in [-0.39, 0.29) is 0 Å². The van der Waals surface area contributed by atoms with Gasteiger partial charge in [-0.2, -0.15) is 0 Å². The molecule has 0 spiro atoms. The lowest BCUT2D eigenvalue weighted by atomic mass is 9.74. The molecule has 1 saturated carbocycles. The second kappa shape index (κ2) is 6.55. The third kappa shape index (κ3) is 3.32. The van der Waals surface area contributed by atoms with Crippen LogP contribution in [-0.4, -0.2) is 55.1 Å². The molecule has 0 atom stereocenters. The third-order valence-electron chi connectivity index (χ3n) is 5.98. The van der Waals surface area contributed by atoms with Crippen molar-refractivity contribution in [1.29, 1.82) is 0 Å². The highest BCUT2D eigenvalue weighted by Crippen LogP contribution is 2.38. The van der Waals surface area contributed by atoms with Crippen molar-refractivity contribution in [2.75, 3.05) is 33.7 Å². The topological polar surface area (TPSA) is 32.5 Å². The van der Waals surface area contributed by atoms with Crippen molar-refractivity contribution >= 4 is 0 Å². The quantitative estimate of drug-likeness (QED) is 0.848. The molecule has 0 unspecified atom stereocenters. The molecule has 0 aromatic rings. The van der Waals surface area contributed by atoms with E-state index in [0.29, 0.717) is 5.54 Å². The van der Waals surface area contributed by atoms with Crippen molar-refractivity contribution in [3.8, 4) is 0 Å². The molecule has 0 aromatic carbocycles. The van der Waals surface area contributed by atoms with Gasteiger partial charge >= 0.3 is 0 Å². The first kappa shape index (κ1) is 15.3. The van der Waals surface area contributed by atoms with Crippen molar-refractivity contribution < 1.29 is 0 Å². The summed E-state index contributed by atoms with van der Waals surface area (Å²) in [6, 6.07) is 0.748. The number of hydrogen-bond donors (Lipinski definition) is 1. The zero-order chi connectivity index (χ0) is 13.9.